The Morgan fingerprint density at radius 3 is 2.73 bits per heavy atom. The normalized spacial score (nSPS) is 16.4. The van der Waals surface area contributed by atoms with E-state index in [1.165, 1.54) is 0 Å². The molecule has 0 unspecified atom stereocenters. The molecule has 2 heterocycles. The molecule has 1 aliphatic rings. The number of carbonyl (C=O) groups is 1. The predicted octanol–water partition coefficient (Wildman–Crippen LogP) is 3.94. The second kappa shape index (κ2) is 10.7. The summed E-state index contributed by atoms with van der Waals surface area (Å²) in [5, 5.41) is 7.83. The first-order valence-corrected chi connectivity index (χ1v) is 11.2. The molecule has 1 N–H and O–H groups in total. The Labute approximate surface area is 197 Å². The van der Waals surface area contributed by atoms with Crippen molar-refractivity contribution < 1.29 is 18.8 Å². The average Bonchev–Trinajstić information content (AvgIpc) is 3.31. The number of nitrogens with zero attached hydrogens (tertiary/aromatic N) is 3. The van der Waals surface area contributed by atoms with Gasteiger partial charge in [-0.05, 0) is 55.3 Å². The van der Waals surface area contributed by atoms with Crippen molar-refractivity contribution >= 4 is 17.5 Å². The van der Waals surface area contributed by atoms with Crippen molar-refractivity contribution in [3.05, 3.63) is 58.9 Å². The quantitative estimate of drug-likeness (QED) is 0.533. The van der Waals surface area contributed by atoms with Crippen molar-refractivity contribution in [2.24, 2.45) is 5.92 Å². The van der Waals surface area contributed by atoms with E-state index in [0.717, 1.165) is 30.5 Å². The number of halogens is 1. The Morgan fingerprint density at radius 2 is 1.97 bits per heavy atom. The zero-order valence-electron chi connectivity index (χ0n) is 18.7. The van der Waals surface area contributed by atoms with E-state index in [9.17, 15) is 4.79 Å². The summed E-state index contributed by atoms with van der Waals surface area (Å²) >= 11 is 5.92. The van der Waals surface area contributed by atoms with Gasteiger partial charge in [0.25, 0.3) is 0 Å². The van der Waals surface area contributed by atoms with E-state index in [4.69, 9.17) is 25.6 Å². The number of rotatable bonds is 8. The molecule has 174 valence electrons. The van der Waals surface area contributed by atoms with Crippen LogP contribution in [0.4, 0.5) is 0 Å². The largest absolute Gasteiger partial charge is 0.493 e. The van der Waals surface area contributed by atoms with Gasteiger partial charge in [0.1, 0.15) is 0 Å². The standard InChI is InChI=1S/C24H27ClN4O4/c1-31-20-10-7-17(12-21(20)32-2)23-27-22(33-28-23)15-29-11-3-4-18(14-29)24(30)26-13-16-5-8-19(25)9-6-16/h5-10,12,18H,3-4,11,13-15H2,1-2H3,(H,26,30)/t18-/m1/s1. The number of nitrogens with one attached hydrogen (secondary N) is 1. The lowest BCUT2D eigenvalue weighted by Crippen LogP contribution is -2.42. The van der Waals surface area contributed by atoms with Gasteiger partial charge in [-0.25, -0.2) is 0 Å². The van der Waals surface area contributed by atoms with Gasteiger partial charge >= 0.3 is 0 Å². The number of amides is 1. The van der Waals surface area contributed by atoms with Gasteiger partial charge in [-0.3, -0.25) is 9.69 Å². The van der Waals surface area contributed by atoms with Crippen LogP contribution in [-0.2, 0) is 17.9 Å². The highest BCUT2D eigenvalue weighted by Crippen LogP contribution is 2.31. The van der Waals surface area contributed by atoms with Gasteiger partial charge in [-0.1, -0.05) is 28.9 Å². The van der Waals surface area contributed by atoms with Crippen LogP contribution in [0.1, 0.15) is 24.3 Å². The summed E-state index contributed by atoms with van der Waals surface area (Å²) in [5.41, 5.74) is 1.80. The van der Waals surface area contributed by atoms with E-state index in [2.05, 4.69) is 20.4 Å². The van der Waals surface area contributed by atoms with Crippen LogP contribution in [0.2, 0.25) is 5.02 Å². The summed E-state index contributed by atoms with van der Waals surface area (Å²) in [6.45, 7) is 2.53. The molecule has 33 heavy (non-hydrogen) atoms. The Bertz CT molecular complexity index is 1090. The van der Waals surface area contributed by atoms with Crippen LogP contribution >= 0.6 is 11.6 Å². The number of aromatic nitrogens is 2. The fraction of sp³-hybridized carbons (Fsp3) is 0.375. The van der Waals surface area contributed by atoms with Crippen LogP contribution in [0.25, 0.3) is 11.4 Å². The van der Waals surface area contributed by atoms with Crippen molar-refractivity contribution in [1.82, 2.24) is 20.4 Å². The lowest BCUT2D eigenvalue weighted by Gasteiger charge is -2.30. The average molecular weight is 471 g/mol. The van der Waals surface area contributed by atoms with E-state index in [1.54, 1.807) is 14.2 Å². The number of benzene rings is 2. The number of likely N-dealkylation sites (tertiary alicyclic amines) is 1. The molecular formula is C24H27ClN4O4. The van der Waals surface area contributed by atoms with Crippen molar-refractivity contribution in [3.8, 4) is 22.9 Å². The van der Waals surface area contributed by atoms with E-state index in [1.807, 2.05) is 42.5 Å². The second-order valence-electron chi connectivity index (χ2n) is 8.00. The van der Waals surface area contributed by atoms with Crippen molar-refractivity contribution in [1.29, 1.82) is 0 Å². The fourth-order valence-corrected chi connectivity index (χ4v) is 4.08. The molecule has 9 heteroatoms. The summed E-state index contributed by atoms with van der Waals surface area (Å²) in [6.07, 6.45) is 1.80. The molecule has 1 saturated heterocycles. The van der Waals surface area contributed by atoms with E-state index >= 15 is 0 Å². The molecule has 0 bridgehead atoms. The summed E-state index contributed by atoms with van der Waals surface area (Å²) < 4.78 is 16.1. The van der Waals surface area contributed by atoms with Gasteiger partial charge in [0.2, 0.25) is 17.6 Å². The molecule has 3 aromatic rings. The maximum Gasteiger partial charge on any atom is 0.241 e. The van der Waals surface area contributed by atoms with Gasteiger partial charge < -0.3 is 19.3 Å². The van der Waals surface area contributed by atoms with E-state index in [0.29, 0.717) is 47.9 Å². The van der Waals surface area contributed by atoms with Crippen LogP contribution in [0.3, 0.4) is 0 Å². The molecule has 0 spiro atoms. The number of hydrogen-bond donors (Lipinski definition) is 1. The van der Waals surface area contributed by atoms with Crippen molar-refractivity contribution in [2.45, 2.75) is 25.9 Å². The smallest absolute Gasteiger partial charge is 0.241 e. The zero-order chi connectivity index (χ0) is 23.2. The van der Waals surface area contributed by atoms with Gasteiger partial charge in [0.05, 0.1) is 26.7 Å². The maximum absolute atomic E-state index is 12.7. The molecule has 1 atom stereocenters. The van der Waals surface area contributed by atoms with Crippen LogP contribution in [0.5, 0.6) is 11.5 Å². The molecule has 0 radical (unpaired) electrons. The maximum atomic E-state index is 12.7. The Kier molecular flexibility index (Phi) is 7.47. The summed E-state index contributed by atoms with van der Waals surface area (Å²) in [5.74, 6) is 2.23. The minimum Gasteiger partial charge on any atom is -0.493 e. The van der Waals surface area contributed by atoms with Crippen molar-refractivity contribution in [2.75, 3.05) is 27.3 Å². The highest BCUT2D eigenvalue weighted by atomic mass is 35.5. The Morgan fingerprint density at radius 1 is 1.18 bits per heavy atom. The molecule has 1 fully saturated rings. The zero-order valence-corrected chi connectivity index (χ0v) is 19.5. The third kappa shape index (κ3) is 5.83. The van der Waals surface area contributed by atoms with Gasteiger partial charge in [0, 0.05) is 23.7 Å². The predicted molar refractivity (Wildman–Crippen MR) is 124 cm³/mol. The number of ether oxygens (including phenoxy) is 2. The van der Waals surface area contributed by atoms with E-state index in [-0.39, 0.29) is 11.8 Å². The van der Waals surface area contributed by atoms with Crippen LogP contribution in [-0.4, -0.2) is 48.3 Å². The molecule has 8 nitrogen and oxygen atoms in total. The van der Waals surface area contributed by atoms with Crippen LogP contribution in [0, 0.1) is 5.92 Å². The second-order valence-corrected chi connectivity index (χ2v) is 8.44. The Balaban J connectivity index is 1.33. The third-order valence-corrected chi connectivity index (χ3v) is 5.98. The van der Waals surface area contributed by atoms with Gasteiger partial charge in [0.15, 0.2) is 11.5 Å². The SMILES string of the molecule is COc1ccc(-c2noc(CN3CCC[C@@H](C(=O)NCc4ccc(Cl)cc4)C3)n2)cc1OC. The first-order chi connectivity index (χ1) is 16.1. The fourth-order valence-electron chi connectivity index (χ4n) is 3.95. The molecule has 1 aliphatic heterocycles. The molecule has 2 aromatic carbocycles. The molecule has 4 rings (SSSR count). The topological polar surface area (TPSA) is 89.7 Å². The number of hydrogen-bond acceptors (Lipinski definition) is 7. The highest BCUT2D eigenvalue weighted by Gasteiger charge is 2.27. The molecule has 0 aliphatic carbocycles. The molecular weight excluding hydrogens is 444 g/mol. The number of piperidine rings is 1. The molecule has 1 aromatic heterocycles. The minimum atomic E-state index is -0.0701. The lowest BCUT2D eigenvalue weighted by molar-refractivity contribution is -0.127. The third-order valence-electron chi connectivity index (χ3n) is 5.72. The molecule has 1 amide bonds. The molecule has 0 saturated carbocycles. The lowest BCUT2D eigenvalue weighted by atomic mass is 9.97. The van der Waals surface area contributed by atoms with Crippen LogP contribution < -0.4 is 14.8 Å². The Hall–Kier alpha value is -3.10. The van der Waals surface area contributed by atoms with E-state index < -0.39 is 0 Å². The van der Waals surface area contributed by atoms with Gasteiger partial charge in [-0.2, -0.15) is 4.98 Å². The first-order valence-electron chi connectivity index (χ1n) is 10.8. The summed E-state index contributed by atoms with van der Waals surface area (Å²) in [7, 11) is 3.18. The number of carbonyl (C=O) groups excluding carboxylic acids is 1. The van der Waals surface area contributed by atoms with Crippen molar-refractivity contribution in [3.63, 3.8) is 0 Å². The van der Waals surface area contributed by atoms with Gasteiger partial charge in [-0.15, -0.1) is 0 Å². The van der Waals surface area contributed by atoms with Crippen LogP contribution in [0.15, 0.2) is 47.0 Å². The monoisotopic (exact) mass is 470 g/mol. The summed E-state index contributed by atoms with van der Waals surface area (Å²) in [6, 6.07) is 13.0. The highest BCUT2D eigenvalue weighted by molar-refractivity contribution is 6.30. The number of methoxy groups -OCH3 is 2. The summed E-state index contributed by atoms with van der Waals surface area (Å²) in [4.78, 5) is 19.4. The minimum absolute atomic E-state index is 0.0613. The first kappa shape index (κ1) is 23.1.